The van der Waals surface area contributed by atoms with E-state index in [-0.39, 0.29) is 0 Å². The molecule has 0 heterocycles. The summed E-state index contributed by atoms with van der Waals surface area (Å²) in [5, 5.41) is 0. The lowest BCUT2D eigenvalue weighted by Gasteiger charge is -1.96. The molecule has 0 unspecified atom stereocenters. The van der Waals surface area contributed by atoms with E-state index in [1.165, 1.54) is 0 Å². The zero-order chi connectivity index (χ0) is 6.24. The third kappa shape index (κ3) is 6.27. The van der Waals surface area contributed by atoms with Crippen LogP contribution in [0.3, 0.4) is 0 Å². The van der Waals surface area contributed by atoms with Gasteiger partial charge in [-0.1, -0.05) is 11.9 Å². The van der Waals surface area contributed by atoms with Gasteiger partial charge < -0.3 is 4.74 Å². The Kier molecular flexibility index (Phi) is 7.52. The first-order chi connectivity index (χ1) is 3.91. The van der Waals surface area contributed by atoms with Crippen molar-refractivity contribution in [3.05, 3.63) is 0 Å². The molecule has 50 valence electrons. The van der Waals surface area contributed by atoms with Gasteiger partial charge >= 0.3 is 0 Å². The van der Waals surface area contributed by atoms with Gasteiger partial charge in [0, 0.05) is 19.5 Å². The lowest BCUT2D eigenvalue weighted by atomic mass is 10.5. The number of rotatable bonds is 5. The highest BCUT2D eigenvalue weighted by molar-refractivity contribution is 7.97. The molecule has 0 aromatic heterocycles. The van der Waals surface area contributed by atoms with E-state index in [1.54, 1.807) is 19.1 Å². The molecule has 0 rings (SSSR count). The van der Waals surface area contributed by atoms with Crippen LogP contribution in [0.1, 0.15) is 6.42 Å². The Bertz CT molecular complexity index is 37.4. The Morgan fingerprint density at radius 3 is 2.88 bits per heavy atom. The molecule has 0 aromatic carbocycles. The molecule has 3 heteroatoms. The Balaban J connectivity index is 2.53. The summed E-state index contributed by atoms with van der Waals surface area (Å²) < 4.78 is 7.83. The monoisotopic (exact) mass is 135 g/mol. The van der Waals surface area contributed by atoms with Gasteiger partial charge in [-0.3, -0.25) is 4.72 Å². The molecular weight excluding hydrogens is 122 g/mol. The summed E-state index contributed by atoms with van der Waals surface area (Å²) in [6.45, 7) is 0.870. The van der Waals surface area contributed by atoms with Crippen molar-refractivity contribution in [1.29, 1.82) is 0 Å². The molecule has 0 radical (unpaired) electrons. The van der Waals surface area contributed by atoms with Crippen molar-refractivity contribution >= 4 is 11.9 Å². The standard InChI is InChI=1S/C5H13NOS/c1-6-8-5-3-4-7-2/h6H,3-5H2,1-2H3. The highest BCUT2D eigenvalue weighted by atomic mass is 32.2. The Labute approximate surface area is 55.1 Å². The van der Waals surface area contributed by atoms with E-state index < -0.39 is 0 Å². The minimum atomic E-state index is 0.870. The van der Waals surface area contributed by atoms with Crippen LogP contribution in [0.4, 0.5) is 0 Å². The molecule has 0 saturated carbocycles. The molecule has 0 spiro atoms. The van der Waals surface area contributed by atoms with Crippen molar-refractivity contribution in [3.8, 4) is 0 Å². The second-order valence-electron chi connectivity index (χ2n) is 1.40. The maximum Gasteiger partial charge on any atom is 0.0470 e. The third-order valence-electron chi connectivity index (χ3n) is 0.739. The Morgan fingerprint density at radius 1 is 1.62 bits per heavy atom. The highest BCUT2D eigenvalue weighted by Gasteiger charge is 1.83. The molecule has 8 heavy (non-hydrogen) atoms. The number of nitrogens with one attached hydrogen (secondary N) is 1. The fourth-order valence-corrected chi connectivity index (χ4v) is 0.844. The number of ether oxygens (including phenoxy) is 1. The molecule has 0 aromatic rings. The van der Waals surface area contributed by atoms with E-state index in [2.05, 4.69) is 4.72 Å². The van der Waals surface area contributed by atoms with Crippen LogP contribution >= 0.6 is 11.9 Å². The molecule has 0 aliphatic rings. The predicted molar refractivity (Wildman–Crippen MR) is 38.0 cm³/mol. The third-order valence-corrected chi connectivity index (χ3v) is 1.52. The first-order valence-corrected chi connectivity index (χ1v) is 3.68. The second kappa shape index (κ2) is 7.27. The van der Waals surface area contributed by atoms with Crippen LogP contribution in [-0.2, 0) is 4.74 Å². The van der Waals surface area contributed by atoms with Crippen molar-refractivity contribution in [3.63, 3.8) is 0 Å². The molecule has 0 aliphatic heterocycles. The molecule has 0 saturated heterocycles. The average molecular weight is 135 g/mol. The molecule has 1 N–H and O–H groups in total. The molecule has 0 fully saturated rings. The van der Waals surface area contributed by atoms with Crippen LogP contribution in [0.2, 0.25) is 0 Å². The normalized spacial score (nSPS) is 9.75. The van der Waals surface area contributed by atoms with E-state index in [1.807, 2.05) is 7.05 Å². The van der Waals surface area contributed by atoms with Gasteiger partial charge in [0.15, 0.2) is 0 Å². The second-order valence-corrected chi connectivity index (χ2v) is 2.50. The number of methoxy groups -OCH3 is 1. The van der Waals surface area contributed by atoms with Crippen LogP contribution in [-0.4, -0.2) is 26.5 Å². The van der Waals surface area contributed by atoms with Gasteiger partial charge in [0.25, 0.3) is 0 Å². The maximum atomic E-state index is 4.85. The summed E-state index contributed by atoms with van der Waals surface area (Å²) >= 11 is 1.72. The van der Waals surface area contributed by atoms with Crippen molar-refractivity contribution in [2.75, 3.05) is 26.5 Å². The number of hydrogen-bond acceptors (Lipinski definition) is 3. The molecular formula is C5H13NOS. The maximum absolute atomic E-state index is 4.85. The predicted octanol–water partition coefficient (Wildman–Crippen LogP) is 0.890. The summed E-state index contributed by atoms with van der Waals surface area (Å²) in [4.78, 5) is 0. The largest absolute Gasteiger partial charge is 0.385 e. The van der Waals surface area contributed by atoms with Gasteiger partial charge in [-0.2, -0.15) is 0 Å². The lowest BCUT2D eigenvalue weighted by molar-refractivity contribution is 0.200. The smallest absolute Gasteiger partial charge is 0.0470 e. The topological polar surface area (TPSA) is 21.3 Å². The van der Waals surface area contributed by atoms with Crippen molar-refractivity contribution < 1.29 is 4.74 Å². The zero-order valence-corrected chi connectivity index (χ0v) is 6.25. The minimum absolute atomic E-state index is 0.870. The van der Waals surface area contributed by atoms with E-state index in [0.717, 1.165) is 18.8 Å². The summed E-state index contributed by atoms with van der Waals surface area (Å²) in [7, 11) is 3.65. The first kappa shape index (κ1) is 8.27. The van der Waals surface area contributed by atoms with Gasteiger partial charge in [0.1, 0.15) is 0 Å². The van der Waals surface area contributed by atoms with E-state index in [0.29, 0.717) is 0 Å². The minimum Gasteiger partial charge on any atom is -0.385 e. The molecule has 0 aliphatic carbocycles. The molecule has 0 atom stereocenters. The summed E-state index contributed by atoms with van der Waals surface area (Å²) in [6.07, 6.45) is 1.13. The fraction of sp³-hybridized carbons (Fsp3) is 1.00. The summed E-state index contributed by atoms with van der Waals surface area (Å²) in [6, 6.07) is 0. The van der Waals surface area contributed by atoms with Gasteiger partial charge in [-0.15, -0.1) is 0 Å². The molecule has 2 nitrogen and oxygen atoms in total. The fourth-order valence-electron chi connectivity index (χ4n) is 0.377. The van der Waals surface area contributed by atoms with Gasteiger partial charge in [0.05, 0.1) is 0 Å². The van der Waals surface area contributed by atoms with Crippen LogP contribution < -0.4 is 4.72 Å². The lowest BCUT2D eigenvalue weighted by Crippen LogP contribution is -1.96. The van der Waals surface area contributed by atoms with Gasteiger partial charge in [0.2, 0.25) is 0 Å². The van der Waals surface area contributed by atoms with Crippen molar-refractivity contribution in [1.82, 2.24) is 4.72 Å². The van der Waals surface area contributed by atoms with E-state index >= 15 is 0 Å². The molecule has 0 amide bonds. The van der Waals surface area contributed by atoms with Crippen molar-refractivity contribution in [2.24, 2.45) is 0 Å². The van der Waals surface area contributed by atoms with E-state index in [4.69, 9.17) is 4.74 Å². The SMILES string of the molecule is CNSCCCOC. The van der Waals surface area contributed by atoms with Crippen molar-refractivity contribution in [2.45, 2.75) is 6.42 Å². The average Bonchev–Trinajstić information content (AvgIpc) is 1.81. The quantitative estimate of drug-likeness (QED) is 0.447. The Morgan fingerprint density at radius 2 is 2.38 bits per heavy atom. The van der Waals surface area contributed by atoms with Crippen LogP contribution in [0.5, 0.6) is 0 Å². The zero-order valence-electron chi connectivity index (χ0n) is 5.44. The first-order valence-electron chi connectivity index (χ1n) is 2.69. The Hall–Kier alpha value is 0.270. The molecule has 0 bridgehead atoms. The van der Waals surface area contributed by atoms with Gasteiger partial charge in [-0.05, 0) is 13.5 Å². The number of hydrogen-bond donors (Lipinski definition) is 1. The van der Waals surface area contributed by atoms with E-state index in [9.17, 15) is 0 Å². The van der Waals surface area contributed by atoms with Crippen LogP contribution in [0.15, 0.2) is 0 Å². The summed E-state index contributed by atoms with van der Waals surface area (Å²) in [5.41, 5.74) is 0. The van der Waals surface area contributed by atoms with Gasteiger partial charge in [-0.25, -0.2) is 0 Å². The summed E-state index contributed by atoms with van der Waals surface area (Å²) in [5.74, 6) is 1.13. The highest BCUT2D eigenvalue weighted by Crippen LogP contribution is 1.93. The van der Waals surface area contributed by atoms with Crippen LogP contribution in [0.25, 0.3) is 0 Å². The van der Waals surface area contributed by atoms with Crippen LogP contribution in [0, 0.1) is 0 Å².